The van der Waals surface area contributed by atoms with E-state index in [1.807, 2.05) is 35.2 Å². The molecule has 0 atom stereocenters. The summed E-state index contributed by atoms with van der Waals surface area (Å²) in [6, 6.07) is 14.9. The van der Waals surface area contributed by atoms with E-state index in [1.165, 1.54) is 0 Å². The lowest BCUT2D eigenvalue weighted by Crippen LogP contribution is -2.51. The normalized spacial score (nSPS) is 14.1. The average Bonchev–Trinajstić information content (AvgIpc) is 3.32. The van der Waals surface area contributed by atoms with Crippen molar-refractivity contribution < 1.29 is 18.8 Å². The second-order valence-corrected chi connectivity index (χ2v) is 8.28. The number of benzene rings is 2. The largest absolute Gasteiger partial charge is 0.439 e. The number of nitrogens with zero attached hydrogens (tertiary/aromatic N) is 4. The number of halogens is 1. The maximum absolute atomic E-state index is 12.5. The zero-order chi connectivity index (χ0) is 23.9. The van der Waals surface area contributed by atoms with Crippen LogP contribution in [0.1, 0.15) is 12.5 Å². The maximum Gasteiger partial charge on any atom is 0.418 e. The molecule has 0 unspecified atom stereocenters. The van der Waals surface area contributed by atoms with Gasteiger partial charge in [-0.05, 0) is 30.2 Å². The van der Waals surface area contributed by atoms with Gasteiger partial charge in [0.25, 0.3) is 5.91 Å². The van der Waals surface area contributed by atoms with E-state index in [2.05, 4.69) is 22.4 Å². The van der Waals surface area contributed by atoms with Crippen LogP contribution in [0.2, 0.25) is 5.02 Å². The zero-order valence-electron chi connectivity index (χ0n) is 18.9. The molecule has 4 rings (SSSR count). The highest BCUT2D eigenvalue weighted by Gasteiger charge is 2.23. The number of hydrogen-bond donors (Lipinski definition) is 1. The minimum Gasteiger partial charge on any atom is -0.439 e. The van der Waals surface area contributed by atoms with Crippen molar-refractivity contribution in [3.63, 3.8) is 0 Å². The number of nitrogens with one attached hydrogen (secondary N) is 1. The smallest absolute Gasteiger partial charge is 0.418 e. The Labute approximate surface area is 202 Å². The lowest BCUT2D eigenvalue weighted by atomic mass is 10.1. The summed E-state index contributed by atoms with van der Waals surface area (Å²) in [7, 11) is 0. The van der Waals surface area contributed by atoms with Crippen LogP contribution in [0.25, 0.3) is 11.4 Å². The third-order valence-corrected chi connectivity index (χ3v) is 5.94. The van der Waals surface area contributed by atoms with Gasteiger partial charge in [-0.3, -0.25) is 19.0 Å². The number of rotatable bonds is 8. The van der Waals surface area contributed by atoms with E-state index in [0.717, 1.165) is 17.7 Å². The Kier molecular flexibility index (Phi) is 7.76. The molecule has 1 aliphatic heterocycles. The van der Waals surface area contributed by atoms with Gasteiger partial charge in [0.15, 0.2) is 6.61 Å². The fraction of sp³-hybridized carbons (Fsp3) is 0.333. The van der Waals surface area contributed by atoms with Crippen LogP contribution in [0.5, 0.6) is 6.08 Å². The van der Waals surface area contributed by atoms with Crippen molar-refractivity contribution in [1.82, 2.24) is 19.9 Å². The van der Waals surface area contributed by atoms with Crippen LogP contribution in [0.15, 0.2) is 53.1 Å². The van der Waals surface area contributed by atoms with E-state index in [9.17, 15) is 9.59 Å². The number of carbonyl (C=O) groups excluding carboxylic acids is 2. The first-order valence-corrected chi connectivity index (χ1v) is 11.5. The molecule has 178 valence electrons. The van der Waals surface area contributed by atoms with Crippen LogP contribution in [0.3, 0.4) is 0 Å². The summed E-state index contributed by atoms with van der Waals surface area (Å²) < 4.78 is 10.5. The SMILES string of the molecule is CCc1ccccc1NC(=O)CN1CCN(C(=O)COc2nc(-c3ccccc3Cl)no2)CC1. The Bertz CT molecular complexity index is 1140. The van der Waals surface area contributed by atoms with Gasteiger partial charge >= 0.3 is 6.08 Å². The Morgan fingerprint density at radius 1 is 1.09 bits per heavy atom. The van der Waals surface area contributed by atoms with E-state index in [1.54, 1.807) is 23.1 Å². The zero-order valence-corrected chi connectivity index (χ0v) is 19.6. The number of amides is 2. The molecule has 0 spiro atoms. The van der Waals surface area contributed by atoms with E-state index < -0.39 is 0 Å². The minimum atomic E-state index is -0.210. The number of hydrogen-bond acceptors (Lipinski definition) is 7. The molecule has 0 radical (unpaired) electrons. The first kappa shape index (κ1) is 23.7. The van der Waals surface area contributed by atoms with Gasteiger partial charge in [0.05, 0.1) is 11.6 Å². The second kappa shape index (κ2) is 11.1. The lowest BCUT2D eigenvalue weighted by molar-refractivity contribution is -0.135. The minimum absolute atomic E-state index is 0.0604. The summed E-state index contributed by atoms with van der Waals surface area (Å²) in [4.78, 5) is 32.9. The number of carbonyl (C=O) groups is 2. The van der Waals surface area contributed by atoms with Crippen molar-refractivity contribution in [2.75, 3.05) is 44.6 Å². The first-order valence-electron chi connectivity index (χ1n) is 11.1. The van der Waals surface area contributed by atoms with Crippen molar-refractivity contribution in [2.24, 2.45) is 0 Å². The van der Waals surface area contributed by atoms with E-state index >= 15 is 0 Å². The molecule has 34 heavy (non-hydrogen) atoms. The highest BCUT2D eigenvalue weighted by atomic mass is 35.5. The Hall–Kier alpha value is -3.43. The molecule has 1 fully saturated rings. The summed E-state index contributed by atoms with van der Waals surface area (Å²) in [5.74, 6) is 0.0506. The van der Waals surface area contributed by atoms with E-state index in [-0.39, 0.29) is 31.0 Å². The molecular weight excluding hydrogens is 458 g/mol. The molecule has 2 amide bonds. The topological polar surface area (TPSA) is 101 Å². The van der Waals surface area contributed by atoms with E-state index in [0.29, 0.717) is 42.6 Å². The highest BCUT2D eigenvalue weighted by molar-refractivity contribution is 6.33. The van der Waals surface area contributed by atoms with Crippen molar-refractivity contribution in [3.8, 4) is 17.5 Å². The van der Waals surface area contributed by atoms with Gasteiger partial charge in [0.2, 0.25) is 11.7 Å². The van der Waals surface area contributed by atoms with Crippen molar-refractivity contribution in [2.45, 2.75) is 13.3 Å². The van der Waals surface area contributed by atoms with Gasteiger partial charge in [-0.15, -0.1) is 0 Å². The van der Waals surface area contributed by atoms with Crippen LogP contribution in [0.4, 0.5) is 5.69 Å². The number of ether oxygens (including phenoxy) is 1. The van der Waals surface area contributed by atoms with Gasteiger partial charge in [-0.25, -0.2) is 0 Å². The van der Waals surface area contributed by atoms with Gasteiger partial charge in [-0.1, -0.05) is 54.0 Å². The van der Waals surface area contributed by atoms with Crippen LogP contribution in [-0.4, -0.2) is 71.1 Å². The molecule has 2 heterocycles. The number of aryl methyl sites for hydroxylation is 1. The lowest BCUT2D eigenvalue weighted by Gasteiger charge is -2.34. The Balaban J connectivity index is 1.21. The third kappa shape index (κ3) is 5.92. The van der Waals surface area contributed by atoms with Gasteiger partial charge < -0.3 is 15.0 Å². The molecule has 1 N–H and O–H groups in total. The Morgan fingerprint density at radius 3 is 2.59 bits per heavy atom. The fourth-order valence-corrected chi connectivity index (χ4v) is 3.95. The molecule has 0 saturated carbocycles. The molecule has 10 heteroatoms. The Morgan fingerprint density at radius 2 is 1.82 bits per heavy atom. The summed E-state index contributed by atoms with van der Waals surface area (Å²) in [5, 5.41) is 7.33. The number of piperazine rings is 1. The van der Waals surface area contributed by atoms with Crippen LogP contribution in [0, 0.1) is 0 Å². The standard InChI is InChI=1S/C24H26ClN5O4/c1-2-17-7-3-6-10-20(17)26-21(31)15-29-11-13-30(14-12-29)22(32)16-33-24-27-23(28-34-24)18-8-4-5-9-19(18)25/h3-10H,2,11-16H2,1H3,(H,26,31). The molecular formula is C24H26ClN5O4. The quantitative estimate of drug-likeness (QED) is 0.525. The van der Waals surface area contributed by atoms with Crippen molar-refractivity contribution in [1.29, 1.82) is 0 Å². The third-order valence-electron chi connectivity index (χ3n) is 5.61. The molecule has 1 saturated heterocycles. The maximum atomic E-state index is 12.5. The van der Waals surface area contributed by atoms with Crippen LogP contribution >= 0.6 is 11.6 Å². The summed E-state index contributed by atoms with van der Waals surface area (Å²) in [6.07, 6.45) is 0.760. The summed E-state index contributed by atoms with van der Waals surface area (Å²) >= 11 is 6.14. The number of anilines is 1. The fourth-order valence-electron chi connectivity index (χ4n) is 3.73. The van der Waals surface area contributed by atoms with Crippen LogP contribution < -0.4 is 10.1 Å². The molecule has 2 aromatic carbocycles. The molecule has 0 aliphatic carbocycles. The molecule has 1 aromatic heterocycles. The van der Waals surface area contributed by atoms with E-state index in [4.69, 9.17) is 20.9 Å². The predicted molar refractivity (Wildman–Crippen MR) is 128 cm³/mol. The van der Waals surface area contributed by atoms with Crippen LogP contribution in [-0.2, 0) is 16.0 Å². The molecule has 9 nitrogen and oxygen atoms in total. The van der Waals surface area contributed by atoms with Crippen molar-refractivity contribution in [3.05, 3.63) is 59.1 Å². The highest BCUT2D eigenvalue weighted by Crippen LogP contribution is 2.26. The van der Waals surface area contributed by atoms with Gasteiger partial charge in [0, 0.05) is 37.4 Å². The van der Waals surface area contributed by atoms with Gasteiger partial charge in [0.1, 0.15) is 0 Å². The first-order chi connectivity index (χ1) is 16.5. The average molecular weight is 484 g/mol. The summed E-state index contributed by atoms with van der Waals surface area (Å²) in [5.41, 5.74) is 2.57. The predicted octanol–water partition coefficient (Wildman–Crippen LogP) is 3.11. The number of aromatic nitrogens is 2. The number of para-hydroxylation sites is 1. The monoisotopic (exact) mass is 483 g/mol. The molecule has 3 aromatic rings. The summed E-state index contributed by atoms with van der Waals surface area (Å²) in [6.45, 7) is 4.35. The van der Waals surface area contributed by atoms with Crippen molar-refractivity contribution >= 4 is 29.1 Å². The molecule has 1 aliphatic rings. The molecule has 0 bridgehead atoms. The second-order valence-electron chi connectivity index (χ2n) is 7.87. The van der Waals surface area contributed by atoms with Gasteiger partial charge in [-0.2, -0.15) is 4.98 Å².